The van der Waals surface area contributed by atoms with Crippen molar-refractivity contribution in [3.8, 4) is 11.1 Å². The highest BCUT2D eigenvalue weighted by molar-refractivity contribution is 6.30. The van der Waals surface area contributed by atoms with Gasteiger partial charge in [-0.2, -0.15) is 4.98 Å². The number of rotatable bonds is 2. The fourth-order valence-electron chi connectivity index (χ4n) is 2.97. The SMILES string of the molecule is Nc1nc(N2CCOCC2)c2cc(-c3ccc(Cl)cc3)ccc2n1. The third-order valence-corrected chi connectivity index (χ3v) is 4.43. The minimum atomic E-state index is 0.295. The summed E-state index contributed by atoms with van der Waals surface area (Å²) in [5.41, 5.74) is 8.95. The Morgan fingerprint density at radius 2 is 1.67 bits per heavy atom. The molecule has 1 fully saturated rings. The first-order valence-electron chi connectivity index (χ1n) is 7.86. The highest BCUT2D eigenvalue weighted by atomic mass is 35.5. The molecule has 4 rings (SSSR count). The molecule has 0 atom stereocenters. The van der Waals surface area contributed by atoms with Crippen LogP contribution in [0.3, 0.4) is 0 Å². The van der Waals surface area contributed by atoms with Crippen LogP contribution in [0.15, 0.2) is 42.5 Å². The van der Waals surface area contributed by atoms with Crippen LogP contribution in [-0.2, 0) is 4.74 Å². The van der Waals surface area contributed by atoms with Crippen LogP contribution in [0.1, 0.15) is 0 Å². The maximum Gasteiger partial charge on any atom is 0.222 e. The van der Waals surface area contributed by atoms with Gasteiger partial charge >= 0.3 is 0 Å². The lowest BCUT2D eigenvalue weighted by Crippen LogP contribution is -2.37. The molecule has 1 aliphatic heterocycles. The van der Waals surface area contributed by atoms with Crippen LogP contribution in [0.5, 0.6) is 0 Å². The molecule has 0 saturated carbocycles. The van der Waals surface area contributed by atoms with Gasteiger partial charge in [0.05, 0.1) is 18.7 Å². The van der Waals surface area contributed by atoms with Gasteiger partial charge in [0.25, 0.3) is 0 Å². The van der Waals surface area contributed by atoms with Gasteiger partial charge in [0.2, 0.25) is 5.95 Å². The van der Waals surface area contributed by atoms with Crippen LogP contribution in [0, 0.1) is 0 Å². The molecule has 1 aliphatic rings. The number of nitrogens with two attached hydrogens (primary N) is 1. The predicted octanol–water partition coefficient (Wildman–Crippen LogP) is 3.37. The van der Waals surface area contributed by atoms with E-state index in [0.717, 1.165) is 46.0 Å². The number of ether oxygens (including phenoxy) is 1. The van der Waals surface area contributed by atoms with Crippen LogP contribution in [0.2, 0.25) is 5.02 Å². The third-order valence-electron chi connectivity index (χ3n) is 4.18. The van der Waals surface area contributed by atoms with E-state index in [-0.39, 0.29) is 0 Å². The minimum absolute atomic E-state index is 0.295. The van der Waals surface area contributed by atoms with Crippen molar-refractivity contribution in [1.82, 2.24) is 9.97 Å². The average Bonchev–Trinajstić information content (AvgIpc) is 2.62. The van der Waals surface area contributed by atoms with Gasteiger partial charge in [-0.25, -0.2) is 4.98 Å². The maximum absolute atomic E-state index is 5.99. The molecule has 1 saturated heterocycles. The van der Waals surface area contributed by atoms with Crippen LogP contribution < -0.4 is 10.6 Å². The van der Waals surface area contributed by atoms with Gasteiger partial charge in [-0.15, -0.1) is 0 Å². The first-order chi connectivity index (χ1) is 11.7. The first-order valence-corrected chi connectivity index (χ1v) is 8.24. The number of anilines is 2. The van der Waals surface area contributed by atoms with Crippen LogP contribution >= 0.6 is 11.6 Å². The topological polar surface area (TPSA) is 64.3 Å². The highest BCUT2D eigenvalue weighted by Gasteiger charge is 2.17. The van der Waals surface area contributed by atoms with Gasteiger partial charge in [-0.1, -0.05) is 29.8 Å². The Labute approximate surface area is 145 Å². The summed E-state index contributed by atoms with van der Waals surface area (Å²) in [5.74, 6) is 1.17. The summed E-state index contributed by atoms with van der Waals surface area (Å²) in [4.78, 5) is 11.1. The van der Waals surface area contributed by atoms with E-state index in [9.17, 15) is 0 Å². The van der Waals surface area contributed by atoms with Gasteiger partial charge in [-0.3, -0.25) is 0 Å². The zero-order valence-electron chi connectivity index (χ0n) is 13.1. The van der Waals surface area contributed by atoms with Crippen molar-refractivity contribution in [3.63, 3.8) is 0 Å². The van der Waals surface area contributed by atoms with Gasteiger partial charge in [-0.05, 0) is 35.4 Å². The number of nitrogens with zero attached hydrogens (tertiary/aromatic N) is 3. The smallest absolute Gasteiger partial charge is 0.222 e. The van der Waals surface area contributed by atoms with Crippen LogP contribution in [-0.4, -0.2) is 36.3 Å². The molecule has 2 aromatic carbocycles. The van der Waals surface area contributed by atoms with Crippen molar-refractivity contribution >= 4 is 34.3 Å². The Kier molecular flexibility index (Phi) is 3.96. The molecule has 0 unspecified atom stereocenters. The van der Waals surface area contributed by atoms with Crippen molar-refractivity contribution in [2.45, 2.75) is 0 Å². The van der Waals surface area contributed by atoms with Crippen LogP contribution in [0.4, 0.5) is 11.8 Å². The van der Waals surface area contributed by atoms with E-state index in [1.165, 1.54) is 0 Å². The summed E-state index contributed by atoms with van der Waals surface area (Å²) in [6, 6.07) is 13.9. The molecule has 0 spiro atoms. The Bertz CT molecular complexity index is 876. The molecule has 0 aliphatic carbocycles. The molecule has 1 aromatic heterocycles. The second-order valence-corrected chi connectivity index (χ2v) is 6.18. The van der Waals surface area contributed by atoms with E-state index in [2.05, 4.69) is 20.9 Å². The second kappa shape index (κ2) is 6.26. The number of aromatic nitrogens is 2. The Morgan fingerprint density at radius 3 is 2.42 bits per heavy atom. The van der Waals surface area contributed by atoms with Crippen molar-refractivity contribution in [2.75, 3.05) is 36.9 Å². The molecule has 5 nitrogen and oxygen atoms in total. The molecule has 0 amide bonds. The molecule has 3 aromatic rings. The van der Waals surface area contributed by atoms with Crippen molar-refractivity contribution in [1.29, 1.82) is 0 Å². The van der Waals surface area contributed by atoms with E-state index in [1.807, 2.05) is 36.4 Å². The average molecular weight is 341 g/mol. The number of benzene rings is 2. The summed E-state index contributed by atoms with van der Waals surface area (Å²) in [6.45, 7) is 3.00. The fourth-order valence-corrected chi connectivity index (χ4v) is 3.09. The quantitative estimate of drug-likeness (QED) is 0.775. The van der Waals surface area contributed by atoms with E-state index in [4.69, 9.17) is 22.1 Å². The van der Waals surface area contributed by atoms with E-state index < -0.39 is 0 Å². The maximum atomic E-state index is 5.99. The van der Waals surface area contributed by atoms with Gasteiger partial charge in [0.15, 0.2) is 0 Å². The van der Waals surface area contributed by atoms with Gasteiger partial charge < -0.3 is 15.4 Å². The monoisotopic (exact) mass is 340 g/mol. The molecule has 122 valence electrons. The summed E-state index contributed by atoms with van der Waals surface area (Å²) >= 11 is 5.99. The number of morpholine rings is 1. The largest absolute Gasteiger partial charge is 0.378 e. The van der Waals surface area contributed by atoms with Gasteiger partial charge in [0.1, 0.15) is 5.82 Å². The summed E-state index contributed by atoms with van der Waals surface area (Å²) in [5, 5.41) is 1.73. The molecule has 6 heteroatoms. The number of hydrogen-bond donors (Lipinski definition) is 1. The third kappa shape index (κ3) is 2.88. The van der Waals surface area contributed by atoms with E-state index >= 15 is 0 Å². The lowest BCUT2D eigenvalue weighted by molar-refractivity contribution is 0.122. The van der Waals surface area contributed by atoms with Crippen LogP contribution in [0.25, 0.3) is 22.0 Å². The second-order valence-electron chi connectivity index (χ2n) is 5.74. The molecular formula is C18H17ClN4O. The Hall–Kier alpha value is -2.37. The molecule has 2 N–H and O–H groups in total. The van der Waals surface area contributed by atoms with E-state index in [1.54, 1.807) is 0 Å². The van der Waals surface area contributed by atoms with Crippen molar-refractivity contribution in [3.05, 3.63) is 47.5 Å². The zero-order valence-corrected chi connectivity index (χ0v) is 13.8. The summed E-state index contributed by atoms with van der Waals surface area (Å²) < 4.78 is 5.44. The minimum Gasteiger partial charge on any atom is -0.378 e. The number of halogens is 1. The van der Waals surface area contributed by atoms with E-state index in [0.29, 0.717) is 19.2 Å². The number of nitrogen functional groups attached to an aromatic ring is 1. The molecule has 0 radical (unpaired) electrons. The Balaban J connectivity index is 1.85. The molecule has 0 bridgehead atoms. The molecular weight excluding hydrogens is 324 g/mol. The molecule has 24 heavy (non-hydrogen) atoms. The van der Waals surface area contributed by atoms with Crippen molar-refractivity contribution < 1.29 is 4.74 Å². The number of fused-ring (bicyclic) bond motifs is 1. The Morgan fingerprint density at radius 1 is 0.958 bits per heavy atom. The fraction of sp³-hybridized carbons (Fsp3) is 0.222. The number of hydrogen-bond acceptors (Lipinski definition) is 5. The highest BCUT2D eigenvalue weighted by Crippen LogP contribution is 2.30. The van der Waals surface area contributed by atoms with Crippen molar-refractivity contribution in [2.24, 2.45) is 0 Å². The first kappa shape index (κ1) is 15.2. The zero-order chi connectivity index (χ0) is 16.5. The van der Waals surface area contributed by atoms with Gasteiger partial charge in [0, 0.05) is 23.5 Å². The summed E-state index contributed by atoms with van der Waals surface area (Å²) in [7, 11) is 0. The predicted molar refractivity (Wildman–Crippen MR) is 97.4 cm³/mol. The normalized spacial score (nSPS) is 15.0. The summed E-state index contributed by atoms with van der Waals surface area (Å²) in [6.07, 6.45) is 0. The standard InChI is InChI=1S/C18H17ClN4O/c19-14-4-1-12(2-5-14)13-3-6-16-15(11-13)17(22-18(20)21-16)23-7-9-24-10-8-23/h1-6,11H,7-10H2,(H2,20,21,22). The lowest BCUT2D eigenvalue weighted by atomic mass is 10.0. The lowest BCUT2D eigenvalue weighted by Gasteiger charge is -2.28. The molecule has 2 heterocycles.